The predicted octanol–water partition coefficient (Wildman–Crippen LogP) is -1.48. The first-order chi connectivity index (χ1) is 20.1. The number of aliphatic hydroxyl groups excluding tert-OH is 2. The van der Waals surface area contributed by atoms with Gasteiger partial charge in [0.25, 0.3) is 5.56 Å². The molecule has 0 saturated carbocycles. The Labute approximate surface area is 242 Å². The van der Waals surface area contributed by atoms with Crippen molar-refractivity contribution in [1.29, 1.82) is 0 Å². The van der Waals surface area contributed by atoms with E-state index in [1.54, 1.807) is 11.5 Å². The maximum atomic E-state index is 12.5. The van der Waals surface area contributed by atoms with Crippen molar-refractivity contribution in [3.8, 4) is 11.8 Å². The normalized spacial score (nSPS) is 28.9. The van der Waals surface area contributed by atoms with E-state index in [1.807, 2.05) is 0 Å². The van der Waals surface area contributed by atoms with Crippen LogP contribution in [0.2, 0.25) is 0 Å². The minimum absolute atomic E-state index is 0.102. The number of aliphatic hydroxyl groups is 2. The molecular weight excluding hydrogens is 597 g/mol. The molecule has 3 aromatic heterocycles. The molecule has 0 aliphatic carbocycles. The van der Waals surface area contributed by atoms with Crippen molar-refractivity contribution in [3.63, 3.8) is 0 Å². The second-order valence-corrected chi connectivity index (χ2v) is 12.1. The van der Waals surface area contributed by atoms with Gasteiger partial charge in [-0.25, -0.2) is 19.7 Å². The summed E-state index contributed by atoms with van der Waals surface area (Å²) < 4.78 is 31.5. The number of ether oxygens (including phenoxy) is 3. The Balaban J connectivity index is 1.29. The first-order valence-electron chi connectivity index (χ1n) is 12.6. The molecule has 2 aliphatic rings. The van der Waals surface area contributed by atoms with E-state index in [0.717, 1.165) is 10.6 Å². The number of hydrogen-bond donors (Lipinski definition) is 5. The minimum atomic E-state index is -4.08. The van der Waals surface area contributed by atoms with Crippen LogP contribution in [0.25, 0.3) is 11.2 Å². The fourth-order valence-electron chi connectivity index (χ4n) is 4.69. The summed E-state index contributed by atoms with van der Waals surface area (Å²) in [6.45, 7) is -3.51. The van der Waals surface area contributed by atoms with Gasteiger partial charge in [0.2, 0.25) is 0 Å². The van der Waals surface area contributed by atoms with Crippen molar-refractivity contribution >= 4 is 35.5 Å². The summed E-state index contributed by atoms with van der Waals surface area (Å²) in [5, 5.41) is 20.6. The van der Waals surface area contributed by atoms with E-state index >= 15 is 0 Å². The molecular formula is C23H28N7O10PS. The molecule has 0 spiro atoms. The maximum absolute atomic E-state index is 12.5. The van der Waals surface area contributed by atoms with Gasteiger partial charge >= 0.3 is 12.4 Å². The van der Waals surface area contributed by atoms with Crippen molar-refractivity contribution in [2.75, 3.05) is 25.6 Å². The highest BCUT2D eigenvalue weighted by atomic mass is 32.5. The van der Waals surface area contributed by atoms with E-state index in [0.29, 0.717) is 11.2 Å². The van der Waals surface area contributed by atoms with E-state index in [9.17, 15) is 24.7 Å². The lowest BCUT2D eigenvalue weighted by Gasteiger charge is -2.28. The Hall–Kier alpha value is -3.08. The molecule has 0 amide bonds. The maximum Gasteiger partial charge on any atom is 0.330 e. The first kappa shape index (κ1) is 30.4. The number of nitrogens with zero attached hydrogens (tertiary/aromatic N) is 5. The lowest BCUT2D eigenvalue weighted by molar-refractivity contribution is -0.0678. The van der Waals surface area contributed by atoms with Gasteiger partial charge in [0.15, 0.2) is 17.7 Å². The Morgan fingerprint density at radius 2 is 2.05 bits per heavy atom. The van der Waals surface area contributed by atoms with Gasteiger partial charge in [-0.3, -0.25) is 23.4 Å². The summed E-state index contributed by atoms with van der Waals surface area (Å²) in [5.74, 6) is 5.58. The number of aromatic nitrogens is 6. The third kappa shape index (κ3) is 6.31. The summed E-state index contributed by atoms with van der Waals surface area (Å²) in [5.41, 5.74) is 5.24. The molecule has 2 fully saturated rings. The highest BCUT2D eigenvalue weighted by Crippen LogP contribution is 2.50. The van der Waals surface area contributed by atoms with Gasteiger partial charge in [-0.15, -0.1) is 5.92 Å². The van der Waals surface area contributed by atoms with Gasteiger partial charge in [0.05, 0.1) is 25.6 Å². The highest BCUT2D eigenvalue weighted by Gasteiger charge is 2.50. The smallest absolute Gasteiger partial charge is 0.330 e. The number of rotatable bonds is 10. The van der Waals surface area contributed by atoms with Gasteiger partial charge < -0.3 is 39.6 Å². The van der Waals surface area contributed by atoms with Crippen LogP contribution < -0.4 is 17.0 Å². The molecule has 0 aromatic carbocycles. The number of hydrogen-bond acceptors (Lipinski definition) is 14. The fraction of sp³-hybridized carbons (Fsp3) is 0.522. The average molecular weight is 626 g/mol. The lowest BCUT2D eigenvalue weighted by atomic mass is 10.1. The van der Waals surface area contributed by atoms with Crippen LogP contribution >= 0.6 is 6.72 Å². The van der Waals surface area contributed by atoms with Crippen LogP contribution in [0.3, 0.4) is 0 Å². The van der Waals surface area contributed by atoms with Crippen molar-refractivity contribution in [2.45, 2.75) is 56.3 Å². The molecule has 5 rings (SSSR count). The Bertz CT molecular complexity index is 1650. The van der Waals surface area contributed by atoms with E-state index in [4.69, 9.17) is 40.8 Å². The second-order valence-electron chi connectivity index (χ2n) is 9.32. The van der Waals surface area contributed by atoms with E-state index in [2.05, 4.69) is 31.8 Å². The molecule has 42 heavy (non-hydrogen) atoms. The number of anilines is 1. The SMILES string of the molecule is CC#CCO[C@H]1C(OP(O)(=S)OC[C@H]2O[C@@H](n3cnc4c(N)ncnc43)CC2O)[C@@H](CO)O[C@H]1n1ccc(=O)[nH]c1=O. The highest BCUT2D eigenvalue weighted by molar-refractivity contribution is 8.07. The minimum Gasteiger partial charge on any atom is -0.394 e. The average Bonchev–Trinajstić information content (AvgIpc) is 3.63. The van der Waals surface area contributed by atoms with Gasteiger partial charge in [-0.05, 0) is 18.7 Å². The summed E-state index contributed by atoms with van der Waals surface area (Å²) >= 11 is 5.23. The summed E-state index contributed by atoms with van der Waals surface area (Å²) in [4.78, 5) is 49.4. The number of imidazole rings is 1. The molecule has 3 aromatic rings. The summed E-state index contributed by atoms with van der Waals surface area (Å²) in [6, 6.07) is 1.12. The van der Waals surface area contributed by atoms with Crippen molar-refractivity contribution in [1.82, 2.24) is 29.1 Å². The molecule has 3 unspecified atom stereocenters. The molecule has 2 aliphatic heterocycles. The Morgan fingerprint density at radius 1 is 1.24 bits per heavy atom. The van der Waals surface area contributed by atoms with Crippen LogP contribution in [0.1, 0.15) is 25.8 Å². The quantitative estimate of drug-likeness (QED) is 0.128. The Kier molecular flexibility index (Phi) is 9.15. The summed E-state index contributed by atoms with van der Waals surface area (Å²) in [6.07, 6.45) is -3.04. The predicted molar refractivity (Wildman–Crippen MR) is 147 cm³/mol. The second kappa shape index (κ2) is 12.7. The van der Waals surface area contributed by atoms with Crippen LogP contribution in [0, 0.1) is 11.8 Å². The molecule has 6 N–H and O–H groups in total. The van der Waals surface area contributed by atoms with Gasteiger partial charge in [0.1, 0.15) is 49.1 Å². The first-order valence-corrected chi connectivity index (χ1v) is 15.2. The zero-order valence-electron chi connectivity index (χ0n) is 22.0. The zero-order chi connectivity index (χ0) is 30.0. The number of nitrogen functional groups attached to an aromatic ring is 1. The molecule has 17 nitrogen and oxygen atoms in total. The van der Waals surface area contributed by atoms with E-state index < -0.39 is 67.6 Å². The molecule has 8 atom stereocenters. The van der Waals surface area contributed by atoms with Crippen LogP contribution in [-0.2, 0) is 35.1 Å². The topological polar surface area (TPSA) is 231 Å². The Morgan fingerprint density at radius 3 is 2.79 bits per heavy atom. The molecule has 19 heteroatoms. The van der Waals surface area contributed by atoms with Gasteiger partial charge in [-0.2, -0.15) is 0 Å². The third-order valence-electron chi connectivity index (χ3n) is 6.67. The summed E-state index contributed by atoms with van der Waals surface area (Å²) in [7, 11) is 0. The van der Waals surface area contributed by atoms with Crippen LogP contribution in [-0.4, -0.2) is 94.5 Å². The van der Waals surface area contributed by atoms with Crippen LogP contribution in [0.4, 0.5) is 5.82 Å². The lowest BCUT2D eigenvalue weighted by Crippen LogP contribution is -2.40. The zero-order valence-corrected chi connectivity index (χ0v) is 23.8. The van der Waals surface area contributed by atoms with E-state index in [1.165, 1.54) is 18.9 Å². The molecule has 5 heterocycles. The molecule has 226 valence electrons. The van der Waals surface area contributed by atoms with Crippen LogP contribution in [0.15, 0.2) is 34.5 Å². The number of nitrogens with two attached hydrogens (primary N) is 1. The molecule has 0 bridgehead atoms. The number of H-pyrrole nitrogens is 1. The van der Waals surface area contributed by atoms with Gasteiger partial charge in [0, 0.05) is 18.7 Å². The molecule has 2 saturated heterocycles. The van der Waals surface area contributed by atoms with Gasteiger partial charge in [-0.1, -0.05) is 5.92 Å². The number of aromatic amines is 1. The van der Waals surface area contributed by atoms with Crippen molar-refractivity contribution in [3.05, 3.63) is 45.8 Å². The third-order valence-corrected chi connectivity index (χ3v) is 8.23. The van der Waals surface area contributed by atoms with Crippen molar-refractivity contribution in [2.24, 2.45) is 0 Å². The van der Waals surface area contributed by atoms with E-state index in [-0.39, 0.29) is 25.5 Å². The van der Waals surface area contributed by atoms with Crippen molar-refractivity contribution < 1.29 is 38.4 Å². The molecule has 0 radical (unpaired) electrons. The monoisotopic (exact) mass is 625 g/mol. The standard InChI is InChI=1S/C23H28N7O10PS/c1-2-3-6-36-19-18(13(8-31)39-22(19)29-5-4-15(33)28-23(29)34)40-41(35,42)37-9-14-12(32)7-16(38-14)30-11-27-17-20(24)25-10-26-21(17)30/h4-5,10-14,16,18-19,22,31-32H,6-9H2,1H3,(H,35,42)(H2,24,25,26)(H,28,33,34)/t12?,13-,14-,16-,18?,19+,22-,41?/m1/s1. The largest absolute Gasteiger partial charge is 0.394 e. The fourth-order valence-corrected chi connectivity index (χ4v) is 6.13. The van der Waals surface area contributed by atoms with Crippen LogP contribution in [0.5, 0.6) is 0 Å². The number of nitrogens with one attached hydrogen (secondary N) is 1. The number of fused-ring (bicyclic) bond motifs is 1.